The molecule has 23 heteroatoms. The van der Waals surface area contributed by atoms with Gasteiger partial charge in [-0.2, -0.15) is 0 Å². The fourth-order valence-corrected chi connectivity index (χ4v) is 10.2. The molecule has 1 amide bonds. The van der Waals surface area contributed by atoms with Crippen molar-refractivity contribution in [3.63, 3.8) is 0 Å². The minimum Gasteiger partial charge on any atom is -0.497 e. The Balaban J connectivity index is 1.04. The maximum absolute atomic E-state index is 14.1. The number of carbonyl (C=O) groups excluding carboxylic acids is 4. The van der Waals surface area contributed by atoms with Gasteiger partial charge in [0.2, 0.25) is 0 Å². The number of rotatable bonds is 34. The van der Waals surface area contributed by atoms with Gasteiger partial charge in [-0.25, -0.2) is 24.5 Å². The summed E-state index contributed by atoms with van der Waals surface area (Å²) in [4.78, 5) is 85.2. The summed E-state index contributed by atoms with van der Waals surface area (Å²) >= 11 is 0. The van der Waals surface area contributed by atoms with E-state index in [1.165, 1.54) is 43.8 Å². The van der Waals surface area contributed by atoms with Crippen LogP contribution >= 0.6 is 0 Å². The summed E-state index contributed by atoms with van der Waals surface area (Å²) in [5.74, 6) is 0.260. The van der Waals surface area contributed by atoms with Gasteiger partial charge < -0.3 is 42.7 Å². The molecule has 8 rings (SSSR count). The molecule has 23 nitrogen and oxygen atoms in total. The standard InChI is InChI=1S/C64H71N7O16/c1-45(72)22-35-55(73)81-38-16-8-6-4-3-5-7-9-17-39-82-57-54(42-85-64(48-18-12-10-13-19-48,49-20-14-11-15-21-49)50-27-33-53(80-2)34-28-50)86-61(58(57)87-63(75)84-41-37-47-25-31-52(32-26-47)71(78)79)69-44-67-56-59(65-43-66-60(56)69)68-62(74)83-40-36-46-23-29-51(30-24-46)70(76)77/h10-15,18-21,23-34,43-44,54,57-58,61H,3-9,16-17,22,35-42H2,1-2H3,(H,65,66,68,74)/t54-,57-,58-,61-/m1/s1. The minimum atomic E-state index is -1.25. The first-order chi connectivity index (χ1) is 42.3. The summed E-state index contributed by atoms with van der Waals surface area (Å²) in [6.07, 6.45) is 5.36. The van der Waals surface area contributed by atoms with E-state index in [4.69, 9.17) is 37.9 Å². The number of methoxy groups -OCH3 is 1. The van der Waals surface area contributed by atoms with Crippen LogP contribution in [0.5, 0.6) is 5.75 Å². The molecule has 1 aliphatic heterocycles. The van der Waals surface area contributed by atoms with Gasteiger partial charge in [0.05, 0.1) is 56.1 Å². The molecule has 0 saturated carbocycles. The largest absolute Gasteiger partial charge is 0.508 e. The van der Waals surface area contributed by atoms with Crippen molar-refractivity contribution in [2.24, 2.45) is 0 Å². The predicted octanol–water partition coefficient (Wildman–Crippen LogP) is 11.9. The van der Waals surface area contributed by atoms with E-state index in [0.717, 1.165) is 68.1 Å². The Morgan fingerprint density at radius 3 is 1.74 bits per heavy atom. The van der Waals surface area contributed by atoms with Crippen LogP contribution in [0.25, 0.3) is 11.2 Å². The van der Waals surface area contributed by atoms with Crippen molar-refractivity contribution in [1.29, 1.82) is 0 Å². The van der Waals surface area contributed by atoms with Gasteiger partial charge in [-0.3, -0.25) is 34.9 Å². The number of benzene rings is 5. The number of imidazole rings is 1. The van der Waals surface area contributed by atoms with E-state index < -0.39 is 52.2 Å². The molecular weight excluding hydrogens is 1120 g/mol. The minimum absolute atomic E-state index is 0.00353. The summed E-state index contributed by atoms with van der Waals surface area (Å²) in [5.41, 5.74) is 2.74. The van der Waals surface area contributed by atoms with Crippen molar-refractivity contribution in [3.8, 4) is 5.75 Å². The molecule has 0 unspecified atom stereocenters. The summed E-state index contributed by atoms with van der Waals surface area (Å²) < 4.78 is 51.1. The zero-order valence-electron chi connectivity index (χ0n) is 48.6. The molecule has 4 atom stereocenters. The summed E-state index contributed by atoms with van der Waals surface area (Å²) in [6, 6.07) is 39.0. The van der Waals surface area contributed by atoms with E-state index in [0.29, 0.717) is 29.9 Å². The monoisotopic (exact) mass is 1190 g/mol. The fraction of sp³-hybridized carbons (Fsp3) is 0.391. The molecule has 1 aliphatic rings. The second kappa shape index (κ2) is 32.4. The van der Waals surface area contributed by atoms with E-state index in [9.17, 15) is 39.4 Å². The van der Waals surface area contributed by atoms with Crippen LogP contribution in [-0.4, -0.2) is 112 Å². The number of ether oxygens (including phenoxy) is 8. The summed E-state index contributed by atoms with van der Waals surface area (Å²) in [5, 5.41) is 25.1. The number of amides is 1. The van der Waals surface area contributed by atoms with Gasteiger partial charge in [0.1, 0.15) is 35.7 Å². The number of anilines is 1. The van der Waals surface area contributed by atoms with E-state index >= 15 is 0 Å². The number of Topliss-reactive ketones (excluding diaryl/α,β-unsaturated/α-hetero) is 1. The van der Waals surface area contributed by atoms with Crippen LogP contribution < -0.4 is 10.1 Å². The molecular formula is C64H71N7O16. The molecule has 87 heavy (non-hydrogen) atoms. The van der Waals surface area contributed by atoms with Gasteiger partial charge in [0, 0.05) is 50.1 Å². The quantitative estimate of drug-likeness (QED) is 0.00979. The average Bonchev–Trinajstić information content (AvgIpc) is 2.02. The highest BCUT2D eigenvalue weighted by atomic mass is 16.7. The number of nitrogens with zero attached hydrogens (tertiary/aromatic N) is 6. The van der Waals surface area contributed by atoms with Crippen molar-refractivity contribution in [3.05, 3.63) is 194 Å². The lowest BCUT2D eigenvalue weighted by molar-refractivity contribution is -0.385. The number of carbonyl (C=O) groups is 4. The Kier molecular flexibility index (Phi) is 23.7. The zero-order chi connectivity index (χ0) is 61.4. The Bertz CT molecular complexity index is 3310. The zero-order valence-corrected chi connectivity index (χ0v) is 48.6. The van der Waals surface area contributed by atoms with Crippen molar-refractivity contribution in [1.82, 2.24) is 19.5 Å². The average molecular weight is 1190 g/mol. The van der Waals surface area contributed by atoms with Gasteiger partial charge in [-0.1, -0.05) is 142 Å². The van der Waals surface area contributed by atoms with Gasteiger partial charge in [-0.05, 0) is 59.7 Å². The van der Waals surface area contributed by atoms with Crippen LogP contribution in [0.1, 0.15) is 112 Å². The highest BCUT2D eigenvalue weighted by molar-refractivity contribution is 5.93. The summed E-state index contributed by atoms with van der Waals surface area (Å²) in [6.45, 7) is 1.72. The first kappa shape index (κ1) is 63.8. The number of nitro benzene ring substituents is 2. The SMILES string of the molecule is COc1ccc(C(OC[C@H]2O[C@@H](n3cnc4c(NC(=O)OCCc5ccc([N+](=O)[O-])cc5)ncnc43)[C@H](OC(=O)OCCc3ccc([N+](=O)[O-])cc3)[C@@H]2OCCCCCCCCCCCOC(=O)CCC(C)=O)(c2ccccc2)c2ccccc2)cc1. The fourth-order valence-electron chi connectivity index (χ4n) is 10.2. The molecule has 0 radical (unpaired) electrons. The van der Waals surface area contributed by atoms with Crippen LogP contribution in [0, 0.1) is 20.2 Å². The molecule has 458 valence electrons. The number of ketones is 1. The lowest BCUT2D eigenvalue weighted by Crippen LogP contribution is -2.42. The molecule has 5 aromatic carbocycles. The predicted molar refractivity (Wildman–Crippen MR) is 318 cm³/mol. The Morgan fingerprint density at radius 1 is 0.621 bits per heavy atom. The number of hydrogen-bond acceptors (Lipinski definition) is 19. The van der Waals surface area contributed by atoms with Gasteiger partial charge in [-0.15, -0.1) is 0 Å². The molecule has 1 fully saturated rings. The van der Waals surface area contributed by atoms with E-state index in [2.05, 4.69) is 20.3 Å². The van der Waals surface area contributed by atoms with Gasteiger partial charge in [0.15, 0.2) is 29.3 Å². The van der Waals surface area contributed by atoms with Crippen LogP contribution in [0.15, 0.2) is 146 Å². The maximum atomic E-state index is 14.1. The number of unbranched alkanes of at least 4 members (excludes halogenated alkanes) is 8. The normalized spacial score (nSPS) is 15.6. The highest BCUT2D eigenvalue weighted by Crippen LogP contribution is 2.44. The van der Waals surface area contributed by atoms with Crippen LogP contribution in [0.4, 0.5) is 26.8 Å². The lowest BCUT2D eigenvalue weighted by atomic mass is 9.80. The van der Waals surface area contributed by atoms with Crippen molar-refractivity contribution in [2.45, 2.75) is 121 Å². The first-order valence-corrected chi connectivity index (χ1v) is 29.1. The van der Waals surface area contributed by atoms with Crippen molar-refractivity contribution in [2.75, 3.05) is 45.5 Å². The topological polar surface area (TPSA) is 284 Å². The smallest absolute Gasteiger partial charge is 0.497 e. The maximum Gasteiger partial charge on any atom is 0.508 e. The third-order valence-corrected chi connectivity index (χ3v) is 14.8. The first-order valence-electron chi connectivity index (χ1n) is 29.1. The number of esters is 1. The number of non-ortho nitro benzene ring substituents is 2. The number of nitrogens with one attached hydrogen (secondary N) is 1. The Labute approximate surface area is 502 Å². The molecule has 3 heterocycles. The molecule has 0 spiro atoms. The number of aromatic nitrogens is 4. The van der Waals surface area contributed by atoms with E-state index in [-0.39, 0.29) is 92.2 Å². The van der Waals surface area contributed by atoms with Crippen molar-refractivity contribution >= 4 is 52.4 Å². The van der Waals surface area contributed by atoms with Crippen LogP contribution in [0.3, 0.4) is 0 Å². The third kappa shape index (κ3) is 17.9. The number of fused-ring (bicyclic) bond motifs is 1. The Morgan fingerprint density at radius 2 is 1.17 bits per heavy atom. The molecule has 0 aliphatic carbocycles. The molecule has 7 aromatic rings. The van der Waals surface area contributed by atoms with Gasteiger partial charge in [0.25, 0.3) is 11.4 Å². The van der Waals surface area contributed by atoms with E-state index in [1.54, 1.807) is 35.9 Å². The van der Waals surface area contributed by atoms with Crippen LogP contribution in [0.2, 0.25) is 0 Å². The van der Waals surface area contributed by atoms with Crippen LogP contribution in [-0.2, 0) is 61.2 Å². The second-order valence-corrected chi connectivity index (χ2v) is 20.8. The lowest BCUT2D eigenvalue weighted by Gasteiger charge is -2.37. The number of nitro groups is 2. The molecule has 1 saturated heterocycles. The molecule has 1 N–H and O–H groups in total. The Hall–Kier alpha value is -9.19. The third-order valence-electron chi connectivity index (χ3n) is 14.8. The van der Waals surface area contributed by atoms with E-state index in [1.807, 2.05) is 84.9 Å². The molecule has 2 aromatic heterocycles. The van der Waals surface area contributed by atoms with Crippen molar-refractivity contribution < 1.29 is 66.9 Å². The highest BCUT2D eigenvalue weighted by Gasteiger charge is 2.51. The second-order valence-electron chi connectivity index (χ2n) is 20.8. The van der Waals surface area contributed by atoms with Gasteiger partial charge >= 0.3 is 18.2 Å². The molecule has 0 bridgehead atoms. The summed E-state index contributed by atoms with van der Waals surface area (Å²) in [7, 11) is 1.60. The number of hydrogen-bond donors (Lipinski definition) is 1.